The van der Waals surface area contributed by atoms with Crippen LogP contribution in [0.2, 0.25) is 5.02 Å². The Hall–Kier alpha value is -3.36. The maximum atomic E-state index is 13.9. The van der Waals surface area contributed by atoms with Gasteiger partial charge in [0.05, 0.1) is 23.3 Å². The van der Waals surface area contributed by atoms with Gasteiger partial charge in [0.2, 0.25) is 0 Å². The summed E-state index contributed by atoms with van der Waals surface area (Å²) in [6, 6.07) is 17.4. The molecule has 0 radical (unpaired) electrons. The van der Waals surface area contributed by atoms with Gasteiger partial charge in [-0.2, -0.15) is 5.26 Å². The van der Waals surface area contributed by atoms with Gasteiger partial charge in [0, 0.05) is 5.56 Å². The predicted octanol–water partition coefficient (Wildman–Crippen LogP) is 6.66. The fourth-order valence-electron chi connectivity index (χ4n) is 2.84. The molecule has 0 bridgehead atoms. The van der Waals surface area contributed by atoms with Crippen LogP contribution in [0.4, 0.5) is 8.78 Å². The normalized spacial score (nSPS) is 11.1. The number of hydrogen-bond donors (Lipinski definition) is 0. The number of nitriles is 1. The lowest BCUT2D eigenvalue weighted by molar-refractivity contribution is 0.266. The summed E-state index contributed by atoms with van der Waals surface area (Å²) in [5.41, 5.74) is 1.69. The maximum Gasteiger partial charge on any atom is 0.180 e. The maximum absolute atomic E-state index is 13.9. The number of hydrogen-bond acceptors (Lipinski definition) is 3. The van der Waals surface area contributed by atoms with Crippen LogP contribution in [0, 0.1) is 23.0 Å². The van der Waals surface area contributed by atoms with E-state index in [2.05, 4.69) is 6.07 Å². The highest BCUT2D eigenvalue weighted by atomic mass is 35.5. The van der Waals surface area contributed by atoms with E-state index in [1.807, 2.05) is 6.92 Å². The molecule has 3 aromatic rings. The summed E-state index contributed by atoms with van der Waals surface area (Å²) < 4.78 is 38.8. The van der Waals surface area contributed by atoms with E-state index in [9.17, 15) is 14.0 Å². The lowest BCUT2D eigenvalue weighted by Crippen LogP contribution is -2.02. The Morgan fingerprint density at radius 3 is 2.57 bits per heavy atom. The van der Waals surface area contributed by atoms with Crippen molar-refractivity contribution in [1.29, 1.82) is 5.26 Å². The van der Waals surface area contributed by atoms with Crippen LogP contribution in [0.15, 0.2) is 60.7 Å². The van der Waals surface area contributed by atoms with Gasteiger partial charge in [0.25, 0.3) is 0 Å². The molecule has 0 aliphatic carbocycles. The zero-order chi connectivity index (χ0) is 21.5. The number of ether oxygens (including phenoxy) is 2. The minimum atomic E-state index is -0.432. The second-order valence-corrected chi connectivity index (χ2v) is 6.73. The molecule has 3 nitrogen and oxygen atoms in total. The monoisotopic (exact) mass is 425 g/mol. The molecule has 152 valence electrons. The molecular weight excluding hydrogens is 408 g/mol. The summed E-state index contributed by atoms with van der Waals surface area (Å²) >= 11 is 6.40. The number of rotatable bonds is 7. The molecule has 0 spiro atoms. The van der Waals surface area contributed by atoms with Crippen LogP contribution < -0.4 is 9.47 Å². The molecule has 0 fully saturated rings. The number of nitrogens with zero attached hydrogens (tertiary/aromatic N) is 1. The molecule has 0 aliphatic rings. The van der Waals surface area contributed by atoms with E-state index >= 15 is 0 Å². The van der Waals surface area contributed by atoms with Crippen LogP contribution in [0.1, 0.15) is 23.6 Å². The predicted molar refractivity (Wildman–Crippen MR) is 113 cm³/mol. The SMILES string of the molecule is CCOc1cc(/C=C(/C#N)c2cccc(F)c2)cc(Cl)c1OCc1ccccc1F. The molecule has 0 heterocycles. The van der Waals surface area contributed by atoms with E-state index in [0.29, 0.717) is 29.0 Å². The molecule has 0 N–H and O–H groups in total. The Kier molecular flexibility index (Phi) is 7.05. The van der Waals surface area contributed by atoms with Crippen molar-refractivity contribution < 1.29 is 18.3 Å². The van der Waals surface area contributed by atoms with Crippen LogP contribution in [-0.2, 0) is 6.61 Å². The minimum Gasteiger partial charge on any atom is -0.490 e. The molecule has 3 aromatic carbocycles. The van der Waals surface area contributed by atoms with Crippen molar-refractivity contribution in [1.82, 2.24) is 0 Å². The van der Waals surface area contributed by atoms with Gasteiger partial charge in [-0.3, -0.25) is 0 Å². The lowest BCUT2D eigenvalue weighted by atomic mass is 10.0. The van der Waals surface area contributed by atoms with Gasteiger partial charge in [0.15, 0.2) is 11.5 Å². The summed E-state index contributed by atoms with van der Waals surface area (Å²) in [7, 11) is 0. The van der Waals surface area contributed by atoms with Crippen molar-refractivity contribution in [3.05, 3.63) is 94.0 Å². The fourth-order valence-corrected chi connectivity index (χ4v) is 3.12. The summed E-state index contributed by atoms with van der Waals surface area (Å²) in [6.45, 7) is 2.15. The first-order valence-electron chi connectivity index (χ1n) is 9.22. The molecule has 0 saturated heterocycles. The van der Waals surface area contributed by atoms with Crippen LogP contribution in [0.25, 0.3) is 11.6 Å². The van der Waals surface area contributed by atoms with Gasteiger partial charge in [0.1, 0.15) is 18.2 Å². The van der Waals surface area contributed by atoms with Gasteiger partial charge >= 0.3 is 0 Å². The third kappa shape index (κ3) is 5.16. The van der Waals surface area contributed by atoms with Gasteiger partial charge < -0.3 is 9.47 Å². The first-order chi connectivity index (χ1) is 14.5. The summed E-state index contributed by atoms with van der Waals surface area (Å²) in [5, 5.41) is 9.75. The standard InChI is InChI=1S/C24H18ClF2NO2/c1-2-29-23-12-16(10-19(14-28)17-7-5-8-20(26)13-17)11-21(25)24(23)30-15-18-6-3-4-9-22(18)27/h3-13H,2,15H2,1H3/b19-10-. The molecule has 0 amide bonds. The molecule has 0 aromatic heterocycles. The minimum absolute atomic E-state index is 0.0195. The number of benzene rings is 3. The first kappa shape index (κ1) is 21.4. The van der Waals surface area contributed by atoms with Crippen molar-refractivity contribution in [3.8, 4) is 17.6 Å². The molecule has 0 atom stereocenters. The fraction of sp³-hybridized carbons (Fsp3) is 0.125. The smallest absolute Gasteiger partial charge is 0.180 e. The second kappa shape index (κ2) is 9.91. The van der Waals surface area contributed by atoms with E-state index in [0.717, 1.165) is 0 Å². The van der Waals surface area contributed by atoms with Crippen LogP contribution in [0.3, 0.4) is 0 Å². The zero-order valence-corrected chi connectivity index (χ0v) is 16.9. The Balaban J connectivity index is 1.94. The highest BCUT2D eigenvalue weighted by Gasteiger charge is 2.14. The largest absolute Gasteiger partial charge is 0.490 e. The van der Waals surface area contributed by atoms with E-state index in [1.165, 1.54) is 24.3 Å². The molecule has 0 unspecified atom stereocenters. The van der Waals surface area contributed by atoms with Crippen LogP contribution >= 0.6 is 11.6 Å². The third-order valence-electron chi connectivity index (χ3n) is 4.23. The Morgan fingerprint density at radius 2 is 1.87 bits per heavy atom. The quantitative estimate of drug-likeness (QED) is 0.314. The molecule has 30 heavy (non-hydrogen) atoms. The van der Waals surface area contributed by atoms with Crippen LogP contribution in [0.5, 0.6) is 11.5 Å². The topological polar surface area (TPSA) is 42.2 Å². The molecule has 0 aliphatic heterocycles. The van der Waals surface area contributed by atoms with Crippen molar-refractivity contribution in [3.63, 3.8) is 0 Å². The zero-order valence-electron chi connectivity index (χ0n) is 16.2. The van der Waals surface area contributed by atoms with E-state index < -0.39 is 5.82 Å². The summed E-state index contributed by atoms with van der Waals surface area (Å²) in [5.74, 6) is -0.161. The Bertz CT molecular complexity index is 1120. The van der Waals surface area contributed by atoms with Crippen molar-refractivity contribution in [2.24, 2.45) is 0 Å². The average molecular weight is 426 g/mol. The van der Waals surface area contributed by atoms with E-state index in [-0.39, 0.29) is 28.8 Å². The van der Waals surface area contributed by atoms with Crippen molar-refractivity contribution >= 4 is 23.3 Å². The summed E-state index contributed by atoms with van der Waals surface area (Å²) in [6.07, 6.45) is 1.59. The van der Waals surface area contributed by atoms with Crippen LogP contribution in [-0.4, -0.2) is 6.61 Å². The average Bonchev–Trinajstić information content (AvgIpc) is 2.73. The molecular formula is C24H18ClF2NO2. The first-order valence-corrected chi connectivity index (χ1v) is 9.60. The van der Waals surface area contributed by atoms with Crippen molar-refractivity contribution in [2.75, 3.05) is 6.61 Å². The van der Waals surface area contributed by atoms with Crippen molar-refractivity contribution in [2.45, 2.75) is 13.5 Å². The van der Waals surface area contributed by atoms with E-state index in [1.54, 1.807) is 42.5 Å². The molecule has 0 saturated carbocycles. The Morgan fingerprint density at radius 1 is 1.07 bits per heavy atom. The van der Waals surface area contributed by atoms with Gasteiger partial charge in [-0.25, -0.2) is 8.78 Å². The number of halogens is 3. The van der Waals surface area contributed by atoms with Gasteiger partial charge in [-0.15, -0.1) is 0 Å². The second-order valence-electron chi connectivity index (χ2n) is 6.32. The summed E-state index contributed by atoms with van der Waals surface area (Å²) in [4.78, 5) is 0. The number of allylic oxidation sites excluding steroid dienone is 1. The Labute approximate surface area is 178 Å². The van der Waals surface area contributed by atoms with Gasteiger partial charge in [-0.05, 0) is 54.5 Å². The lowest BCUT2D eigenvalue weighted by Gasteiger charge is -2.15. The molecule has 6 heteroatoms. The van der Waals surface area contributed by atoms with E-state index in [4.69, 9.17) is 21.1 Å². The molecule has 3 rings (SSSR count). The highest BCUT2D eigenvalue weighted by molar-refractivity contribution is 6.32. The highest BCUT2D eigenvalue weighted by Crippen LogP contribution is 2.38. The van der Waals surface area contributed by atoms with Gasteiger partial charge in [-0.1, -0.05) is 41.9 Å². The third-order valence-corrected chi connectivity index (χ3v) is 4.51.